The van der Waals surface area contributed by atoms with Gasteiger partial charge in [0.25, 0.3) is 5.91 Å². The van der Waals surface area contributed by atoms with E-state index in [0.29, 0.717) is 36.6 Å². The average molecular weight is 464 g/mol. The minimum Gasteiger partial charge on any atom is -0.379 e. The van der Waals surface area contributed by atoms with Gasteiger partial charge in [-0.3, -0.25) is 14.6 Å². The first-order chi connectivity index (χ1) is 15.8. The van der Waals surface area contributed by atoms with Crippen LogP contribution in [0, 0.1) is 0 Å². The molecule has 1 atom stereocenters. The zero-order valence-corrected chi connectivity index (χ0v) is 18.2. The highest BCUT2D eigenvalue weighted by Crippen LogP contribution is 2.37. The molecular formula is C23H27F3N4O3. The Balaban J connectivity index is 1.53. The summed E-state index contributed by atoms with van der Waals surface area (Å²) < 4.78 is 44.3. The van der Waals surface area contributed by atoms with Gasteiger partial charge in [0.05, 0.1) is 42.6 Å². The minimum absolute atomic E-state index is 0.203. The first-order valence-corrected chi connectivity index (χ1v) is 11.0. The van der Waals surface area contributed by atoms with Crippen LogP contribution in [0.3, 0.4) is 0 Å². The average Bonchev–Trinajstić information content (AvgIpc) is 3.12. The van der Waals surface area contributed by atoms with E-state index < -0.39 is 23.8 Å². The number of morpholine rings is 1. The number of ether oxygens (including phenoxy) is 1. The first-order valence-electron chi connectivity index (χ1n) is 11.0. The van der Waals surface area contributed by atoms with Crippen LogP contribution in [0.25, 0.3) is 0 Å². The van der Waals surface area contributed by atoms with Crippen LogP contribution in [0.4, 0.5) is 18.0 Å². The number of halogens is 3. The summed E-state index contributed by atoms with van der Waals surface area (Å²) in [7, 11) is 0. The molecule has 0 radical (unpaired) electrons. The Bertz CT molecular complexity index is 939. The number of carbonyl (C=O) groups is 2. The largest absolute Gasteiger partial charge is 0.416 e. The van der Waals surface area contributed by atoms with Crippen LogP contribution in [-0.4, -0.2) is 79.1 Å². The van der Waals surface area contributed by atoms with Crippen molar-refractivity contribution in [2.75, 3.05) is 52.5 Å². The Kier molecular flexibility index (Phi) is 6.76. The Morgan fingerprint density at radius 1 is 1.12 bits per heavy atom. The van der Waals surface area contributed by atoms with Gasteiger partial charge in [-0.05, 0) is 24.1 Å². The third kappa shape index (κ3) is 4.91. The summed E-state index contributed by atoms with van der Waals surface area (Å²) in [5.74, 6) is -0.203. The van der Waals surface area contributed by atoms with E-state index in [9.17, 15) is 22.8 Å². The third-order valence-electron chi connectivity index (χ3n) is 6.19. The van der Waals surface area contributed by atoms with Crippen molar-refractivity contribution in [2.45, 2.75) is 18.6 Å². The molecule has 7 nitrogen and oxygen atoms in total. The molecule has 1 aromatic carbocycles. The number of nitrogens with zero attached hydrogens (tertiary/aromatic N) is 3. The van der Waals surface area contributed by atoms with Gasteiger partial charge in [0, 0.05) is 32.7 Å². The Morgan fingerprint density at radius 2 is 1.82 bits per heavy atom. The summed E-state index contributed by atoms with van der Waals surface area (Å²) in [6.45, 7) is 8.72. The molecular weight excluding hydrogens is 437 g/mol. The third-order valence-corrected chi connectivity index (χ3v) is 6.19. The highest BCUT2D eigenvalue weighted by Gasteiger charge is 2.43. The van der Waals surface area contributed by atoms with Crippen molar-refractivity contribution in [3.63, 3.8) is 0 Å². The lowest BCUT2D eigenvalue weighted by Crippen LogP contribution is -2.47. The maximum atomic E-state index is 13.3. The van der Waals surface area contributed by atoms with Gasteiger partial charge in [-0.25, -0.2) is 4.79 Å². The molecule has 0 aliphatic carbocycles. The number of amides is 3. The molecule has 33 heavy (non-hydrogen) atoms. The number of urea groups is 1. The van der Waals surface area contributed by atoms with E-state index >= 15 is 0 Å². The quantitative estimate of drug-likeness (QED) is 0.631. The molecule has 1 aromatic rings. The van der Waals surface area contributed by atoms with E-state index in [2.05, 4.69) is 16.8 Å². The number of rotatable bonds is 7. The number of benzene rings is 1. The second kappa shape index (κ2) is 9.56. The molecule has 0 spiro atoms. The molecule has 10 heteroatoms. The standard InChI is InChI=1S/C23H27F3N4O3/c1-2-8-30-18-15-29(10-3-9-28-11-13-33-14-12-28)21(31)19(18)20(27-22(30)32)16-4-6-17(7-5-16)23(24,25)26/h2,4-7,20H,1,3,8-15H2,(H,27,32). The molecule has 1 N–H and O–H groups in total. The smallest absolute Gasteiger partial charge is 0.379 e. The van der Waals surface area contributed by atoms with E-state index in [1.165, 1.54) is 17.0 Å². The second-order valence-electron chi connectivity index (χ2n) is 8.30. The Hall–Kier alpha value is -2.85. The molecule has 1 unspecified atom stereocenters. The molecule has 1 fully saturated rings. The van der Waals surface area contributed by atoms with Crippen molar-refractivity contribution in [1.29, 1.82) is 0 Å². The van der Waals surface area contributed by atoms with E-state index in [-0.39, 0.29) is 19.0 Å². The molecule has 4 rings (SSSR count). The van der Waals surface area contributed by atoms with Crippen LogP contribution in [0.15, 0.2) is 48.2 Å². The molecule has 3 amide bonds. The van der Waals surface area contributed by atoms with Crippen molar-refractivity contribution < 1.29 is 27.5 Å². The van der Waals surface area contributed by atoms with Crippen LogP contribution in [0.5, 0.6) is 0 Å². The molecule has 0 aromatic heterocycles. The minimum atomic E-state index is -4.46. The second-order valence-corrected chi connectivity index (χ2v) is 8.30. The summed E-state index contributed by atoms with van der Waals surface area (Å²) in [6, 6.07) is 3.37. The molecule has 0 saturated carbocycles. The van der Waals surface area contributed by atoms with E-state index in [1.54, 1.807) is 11.0 Å². The van der Waals surface area contributed by atoms with Crippen molar-refractivity contribution in [3.05, 3.63) is 59.3 Å². The summed E-state index contributed by atoms with van der Waals surface area (Å²) >= 11 is 0. The Labute approximate surface area is 190 Å². The Morgan fingerprint density at radius 3 is 2.45 bits per heavy atom. The predicted molar refractivity (Wildman–Crippen MR) is 115 cm³/mol. The lowest BCUT2D eigenvalue weighted by atomic mass is 9.94. The van der Waals surface area contributed by atoms with Gasteiger partial charge in [0.2, 0.25) is 0 Å². The van der Waals surface area contributed by atoms with Crippen LogP contribution in [-0.2, 0) is 15.7 Å². The number of nitrogens with one attached hydrogen (secondary N) is 1. The van der Waals surface area contributed by atoms with Crippen LogP contribution >= 0.6 is 0 Å². The van der Waals surface area contributed by atoms with Gasteiger partial charge < -0.3 is 15.0 Å². The normalized spacial score (nSPS) is 22.0. The van der Waals surface area contributed by atoms with Crippen molar-refractivity contribution in [3.8, 4) is 0 Å². The van der Waals surface area contributed by atoms with E-state index in [4.69, 9.17) is 4.74 Å². The topological polar surface area (TPSA) is 65.1 Å². The number of alkyl halides is 3. The monoisotopic (exact) mass is 464 g/mol. The fraction of sp³-hybridized carbons (Fsp3) is 0.478. The zero-order chi connectivity index (χ0) is 23.6. The predicted octanol–water partition coefficient (Wildman–Crippen LogP) is 2.78. The summed E-state index contributed by atoms with van der Waals surface area (Å²) in [5.41, 5.74) is 0.645. The number of hydrogen-bond donors (Lipinski definition) is 1. The lowest BCUT2D eigenvalue weighted by molar-refractivity contribution is -0.137. The van der Waals surface area contributed by atoms with Gasteiger partial charge >= 0.3 is 12.2 Å². The number of hydrogen-bond acceptors (Lipinski definition) is 4. The summed E-state index contributed by atoms with van der Waals surface area (Å²) in [6.07, 6.45) is -2.10. The van der Waals surface area contributed by atoms with Crippen LogP contribution < -0.4 is 5.32 Å². The molecule has 1 saturated heterocycles. The molecule has 3 aliphatic rings. The van der Waals surface area contributed by atoms with Crippen molar-refractivity contribution in [1.82, 2.24) is 20.0 Å². The summed E-state index contributed by atoms with van der Waals surface area (Å²) in [4.78, 5) is 31.6. The maximum absolute atomic E-state index is 13.3. The van der Waals surface area contributed by atoms with Crippen LogP contribution in [0.1, 0.15) is 23.6 Å². The van der Waals surface area contributed by atoms with Gasteiger partial charge in [0.1, 0.15) is 0 Å². The van der Waals surface area contributed by atoms with Crippen molar-refractivity contribution in [2.24, 2.45) is 0 Å². The lowest BCUT2D eigenvalue weighted by Gasteiger charge is -2.33. The van der Waals surface area contributed by atoms with Crippen LogP contribution in [0.2, 0.25) is 0 Å². The summed E-state index contributed by atoms with van der Waals surface area (Å²) in [5, 5.41) is 2.79. The van der Waals surface area contributed by atoms with E-state index in [0.717, 1.165) is 38.2 Å². The maximum Gasteiger partial charge on any atom is 0.416 e. The van der Waals surface area contributed by atoms with Gasteiger partial charge in [-0.1, -0.05) is 18.2 Å². The molecule has 178 valence electrons. The zero-order valence-electron chi connectivity index (χ0n) is 18.2. The van der Waals surface area contributed by atoms with Crippen molar-refractivity contribution >= 4 is 11.9 Å². The number of carbonyl (C=O) groups excluding carboxylic acids is 2. The van der Waals surface area contributed by atoms with Gasteiger partial charge in [-0.15, -0.1) is 6.58 Å². The fourth-order valence-corrected chi connectivity index (χ4v) is 4.48. The fourth-order valence-electron chi connectivity index (χ4n) is 4.48. The van der Waals surface area contributed by atoms with E-state index in [1.807, 2.05) is 0 Å². The first kappa shape index (κ1) is 23.3. The van der Waals surface area contributed by atoms with Gasteiger partial charge in [0.15, 0.2) is 0 Å². The van der Waals surface area contributed by atoms with Gasteiger partial charge in [-0.2, -0.15) is 13.2 Å². The SMILES string of the molecule is C=CCN1C(=O)NC(c2ccc(C(F)(F)F)cc2)C2=C1CN(CCCN1CCOCC1)C2=O. The molecule has 3 heterocycles. The molecule has 0 bridgehead atoms. The highest BCUT2D eigenvalue weighted by atomic mass is 19.4. The molecule has 3 aliphatic heterocycles. The highest BCUT2D eigenvalue weighted by molar-refractivity contribution is 6.01.